The third-order valence-electron chi connectivity index (χ3n) is 3.74. The summed E-state index contributed by atoms with van der Waals surface area (Å²) in [6.45, 7) is -1.02. The van der Waals surface area contributed by atoms with E-state index in [2.05, 4.69) is 0 Å². The van der Waals surface area contributed by atoms with Crippen molar-refractivity contribution in [3.8, 4) is 5.75 Å². The van der Waals surface area contributed by atoms with Gasteiger partial charge >= 0.3 is 6.18 Å². The molecule has 0 heterocycles. The number of aryl methyl sites for hydroxylation is 1. The predicted octanol–water partition coefficient (Wildman–Crippen LogP) is 2.54. The topological polar surface area (TPSA) is 32.7 Å². The number of likely N-dealkylation sites (N-methyl/N-ethyl adjacent to an activating group) is 1. The number of aliphatic hydroxyl groups is 1. The van der Waals surface area contributed by atoms with Crippen LogP contribution in [0.1, 0.15) is 23.7 Å². The Labute approximate surface area is 116 Å². The Morgan fingerprint density at radius 2 is 2.10 bits per heavy atom. The first-order valence-corrected chi connectivity index (χ1v) is 6.43. The summed E-state index contributed by atoms with van der Waals surface area (Å²) in [5.74, 6) is 0.599. The Morgan fingerprint density at radius 1 is 1.40 bits per heavy atom. The average molecular weight is 289 g/mol. The third-order valence-corrected chi connectivity index (χ3v) is 3.74. The van der Waals surface area contributed by atoms with Crippen molar-refractivity contribution in [1.29, 1.82) is 0 Å². The van der Waals surface area contributed by atoms with Crippen LogP contribution in [0.15, 0.2) is 18.2 Å². The van der Waals surface area contributed by atoms with Gasteiger partial charge in [0.15, 0.2) is 0 Å². The number of aliphatic hydroxyl groups excluding tert-OH is 1. The number of ether oxygens (including phenoxy) is 1. The Hall–Kier alpha value is -1.27. The summed E-state index contributed by atoms with van der Waals surface area (Å²) in [7, 11) is 2.91. The van der Waals surface area contributed by atoms with Crippen LogP contribution in [0.5, 0.6) is 5.75 Å². The van der Waals surface area contributed by atoms with Gasteiger partial charge in [-0.2, -0.15) is 13.2 Å². The van der Waals surface area contributed by atoms with Gasteiger partial charge in [-0.15, -0.1) is 0 Å². The standard InChI is InChI=1S/C14H18F3NO2/c1-18(8-14(15,16)17)12-6-4-9-3-5-10(20-2)7-11(9)13(12)19/h3,5,7,12-13,19H,4,6,8H2,1-2H3. The lowest BCUT2D eigenvalue weighted by atomic mass is 9.85. The number of benzene rings is 1. The fourth-order valence-electron chi connectivity index (χ4n) is 2.73. The minimum Gasteiger partial charge on any atom is -0.497 e. The van der Waals surface area contributed by atoms with Crippen molar-refractivity contribution in [3.05, 3.63) is 29.3 Å². The van der Waals surface area contributed by atoms with Crippen LogP contribution in [0.25, 0.3) is 0 Å². The molecule has 6 heteroatoms. The molecule has 1 aliphatic rings. The second-order valence-corrected chi connectivity index (χ2v) is 5.15. The van der Waals surface area contributed by atoms with E-state index in [4.69, 9.17) is 4.74 Å². The van der Waals surface area contributed by atoms with E-state index in [0.29, 0.717) is 24.2 Å². The number of hydrogen-bond donors (Lipinski definition) is 1. The van der Waals surface area contributed by atoms with E-state index in [1.807, 2.05) is 6.07 Å². The summed E-state index contributed by atoms with van der Waals surface area (Å²) >= 11 is 0. The van der Waals surface area contributed by atoms with Crippen molar-refractivity contribution in [2.75, 3.05) is 20.7 Å². The Balaban J connectivity index is 2.19. The van der Waals surface area contributed by atoms with Crippen molar-refractivity contribution in [1.82, 2.24) is 4.90 Å². The zero-order chi connectivity index (χ0) is 14.9. The maximum atomic E-state index is 12.5. The summed E-state index contributed by atoms with van der Waals surface area (Å²) in [6, 6.07) is 4.83. The lowest BCUT2D eigenvalue weighted by Gasteiger charge is -2.36. The van der Waals surface area contributed by atoms with Gasteiger partial charge in [-0.3, -0.25) is 4.90 Å². The number of methoxy groups -OCH3 is 1. The lowest BCUT2D eigenvalue weighted by Crippen LogP contribution is -2.44. The highest BCUT2D eigenvalue weighted by molar-refractivity contribution is 5.39. The molecule has 0 saturated carbocycles. The highest BCUT2D eigenvalue weighted by atomic mass is 19.4. The lowest BCUT2D eigenvalue weighted by molar-refractivity contribution is -0.152. The van der Waals surface area contributed by atoms with Crippen LogP contribution < -0.4 is 4.74 Å². The molecule has 2 unspecified atom stereocenters. The molecule has 0 amide bonds. The highest BCUT2D eigenvalue weighted by Gasteiger charge is 2.37. The van der Waals surface area contributed by atoms with Gasteiger partial charge in [0.05, 0.1) is 19.8 Å². The molecule has 0 fully saturated rings. The maximum Gasteiger partial charge on any atom is 0.401 e. The van der Waals surface area contributed by atoms with Gasteiger partial charge in [-0.1, -0.05) is 6.07 Å². The molecule has 0 aliphatic heterocycles. The molecular weight excluding hydrogens is 271 g/mol. The molecule has 1 N–H and O–H groups in total. The second-order valence-electron chi connectivity index (χ2n) is 5.15. The van der Waals surface area contributed by atoms with Crippen LogP contribution in [-0.2, 0) is 6.42 Å². The molecule has 3 nitrogen and oxygen atoms in total. The Bertz CT molecular complexity index is 476. The molecule has 2 rings (SSSR count). The number of fused-ring (bicyclic) bond motifs is 1. The molecule has 0 bridgehead atoms. The van der Waals surface area contributed by atoms with Gasteiger partial charge in [0.2, 0.25) is 0 Å². The summed E-state index contributed by atoms with van der Waals surface area (Å²) < 4.78 is 42.5. The minimum absolute atomic E-state index is 0.507. The van der Waals surface area contributed by atoms with E-state index in [1.165, 1.54) is 19.1 Å². The number of hydrogen-bond acceptors (Lipinski definition) is 3. The van der Waals surface area contributed by atoms with Crippen molar-refractivity contribution < 1.29 is 23.0 Å². The molecule has 1 aromatic rings. The molecule has 0 spiro atoms. The molecule has 0 aromatic heterocycles. The van der Waals surface area contributed by atoms with Crippen LogP contribution in [0.2, 0.25) is 0 Å². The number of halogens is 3. The monoisotopic (exact) mass is 289 g/mol. The van der Waals surface area contributed by atoms with Crippen LogP contribution in [0.3, 0.4) is 0 Å². The van der Waals surface area contributed by atoms with Crippen molar-refractivity contribution in [2.24, 2.45) is 0 Å². The van der Waals surface area contributed by atoms with Gasteiger partial charge in [0.25, 0.3) is 0 Å². The van der Waals surface area contributed by atoms with Crippen LogP contribution in [-0.4, -0.2) is 42.9 Å². The van der Waals surface area contributed by atoms with Crippen molar-refractivity contribution in [3.63, 3.8) is 0 Å². The average Bonchev–Trinajstić information content (AvgIpc) is 2.36. The quantitative estimate of drug-likeness (QED) is 0.928. The largest absolute Gasteiger partial charge is 0.497 e. The molecular formula is C14H18F3NO2. The van der Waals surface area contributed by atoms with Crippen molar-refractivity contribution >= 4 is 0 Å². The third kappa shape index (κ3) is 3.24. The van der Waals surface area contributed by atoms with Gasteiger partial charge in [-0.25, -0.2) is 0 Å². The molecule has 0 saturated heterocycles. The van der Waals surface area contributed by atoms with Gasteiger partial charge in [0, 0.05) is 6.04 Å². The molecule has 20 heavy (non-hydrogen) atoms. The normalized spacial score (nSPS) is 22.8. The summed E-state index contributed by atoms with van der Waals surface area (Å²) in [5, 5.41) is 10.3. The van der Waals surface area contributed by atoms with Gasteiger partial charge in [-0.05, 0) is 43.1 Å². The van der Waals surface area contributed by atoms with Crippen LogP contribution in [0, 0.1) is 0 Å². The summed E-state index contributed by atoms with van der Waals surface area (Å²) in [4.78, 5) is 1.17. The van der Waals surface area contributed by atoms with Crippen LogP contribution >= 0.6 is 0 Å². The first-order chi connectivity index (χ1) is 9.31. The van der Waals surface area contributed by atoms with Gasteiger partial charge < -0.3 is 9.84 Å². The van der Waals surface area contributed by atoms with E-state index in [9.17, 15) is 18.3 Å². The highest BCUT2D eigenvalue weighted by Crippen LogP contribution is 2.35. The Morgan fingerprint density at radius 3 is 2.70 bits per heavy atom. The van der Waals surface area contributed by atoms with E-state index < -0.39 is 24.9 Å². The van der Waals surface area contributed by atoms with E-state index in [-0.39, 0.29) is 0 Å². The van der Waals surface area contributed by atoms with Gasteiger partial charge in [0.1, 0.15) is 5.75 Å². The molecule has 112 valence electrons. The fourth-order valence-corrected chi connectivity index (χ4v) is 2.73. The number of alkyl halides is 3. The molecule has 2 atom stereocenters. The van der Waals surface area contributed by atoms with Crippen LogP contribution in [0.4, 0.5) is 13.2 Å². The number of nitrogens with zero attached hydrogens (tertiary/aromatic N) is 1. The summed E-state index contributed by atoms with van der Waals surface area (Å²) in [5.41, 5.74) is 1.63. The smallest absolute Gasteiger partial charge is 0.401 e. The van der Waals surface area contributed by atoms with E-state index in [1.54, 1.807) is 12.1 Å². The minimum atomic E-state index is -4.26. The first kappa shape index (κ1) is 15.1. The maximum absolute atomic E-state index is 12.5. The zero-order valence-corrected chi connectivity index (χ0v) is 11.4. The predicted molar refractivity (Wildman–Crippen MR) is 68.7 cm³/mol. The zero-order valence-electron chi connectivity index (χ0n) is 11.4. The van der Waals surface area contributed by atoms with E-state index in [0.717, 1.165) is 5.56 Å². The second kappa shape index (κ2) is 5.61. The summed E-state index contributed by atoms with van der Waals surface area (Å²) in [6.07, 6.45) is -4.03. The molecule has 0 radical (unpaired) electrons. The van der Waals surface area contributed by atoms with E-state index >= 15 is 0 Å². The molecule has 1 aliphatic carbocycles. The Kier molecular flexibility index (Phi) is 4.25. The number of rotatable bonds is 3. The fraction of sp³-hybridized carbons (Fsp3) is 0.571. The van der Waals surface area contributed by atoms with Crippen molar-refractivity contribution in [2.45, 2.75) is 31.2 Å². The SMILES string of the molecule is COc1ccc2c(c1)C(O)C(N(C)CC(F)(F)F)CC2. The molecule has 1 aromatic carbocycles. The first-order valence-electron chi connectivity index (χ1n) is 6.43.